The van der Waals surface area contributed by atoms with Crippen molar-refractivity contribution in [2.45, 2.75) is 31.3 Å². The Labute approximate surface area is 139 Å². The third kappa shape index (κ3) is 2.88. The number of para-hydroxylation sites is 1. The lowest BCUT2D eigenvalue weighted by Crippen LogP contribution is -2.35. The molecule has 0 bridgehead atoms. The minimum atomic E-state index is 0.281. The van der Waals surface area contributed by atoms with Gasteiger partial charge < -0.3 is 16.8 Å². The van der Waals surface area contributed by atoms with Crippen LogP contribution in [0.5, 0.6) is 0 Å². The van der Waals surface area contributed by atoms with Crippen molar-refractivity contribution in [2.75, 3.05) is 17.6 Å². The highest BCUT2D eigenvalue weighted by molar-refractivity contribution is 5.73. The zero-order valence-electron chi connectivity index (χ0n) is 13.3. The van der Waals surface area contributed by atoms with Gasteiger partial charge in [-0.15, -0.1) is 5.10 Å². The summed E-state index contributed by atoms with van der Waals surface area (Å²) in [5, 5.41) is 11.6. The Kier molecular flexibility index (Phi) is 3.73. The molecule has 1 saturated carbocycles. The molecule has 1 aliphatic carbocycles. The third-order valence-electron chi connectivity index (χ3n) is 4.41. The maximum Gasteiger partial charge on any atom is 0.222 e. The van der Waals surface area contributed by atoms with E-state index in [4.69, 9.17) is 11.5 Å². The molecule has 1 aliphatic rings. The average molecular weight is 324 g/mol. The van der Waals surface area contributed by atoms with Gasteiger partial charge in [-0.3, -0.25) is 0 Å². The first kappa shape index (κ1) is 14.8. The lowest BCUT2D eigenvalue weighted by Gasteiger charge is -2.32. The van der Waals surface area contributed by atoms with Gasteiger partial charge in [0.1, 0.15) is 11.3 Å². The van der Waals surface area contributed by atoms with Crippen molar-refractivity contribution >= 4 is 22.8 Å². The number of hydrogen-bond acceptors (Lipinski definition) is 7. The number of nitrogens with one attached hydrogen (secondary N) is 1. The number of aromatic nitrogens is 5. The highest BCUT2D eigenvalue weighted by Crippen LogP contribution is 2.35. The number of benzene rings is 1. The number of nitrogens with two attached hydrogens (primary N) is 2. The summed E-state index contributed by atoms with van der Waals surface area (Å²) >= 11 is 0. The molecule has 0 amide bonds. The Morgan fingerprint density at radius 2 is 2.04 bits per heavy atom. The van der Waals surface area contributed by atoms with Gasteiger partial charge in [-0.1, -0.05) is 17.3 Å². The largest absolute Gasteiger partial charge is 0.368 e. The molecule has 24 heavy (non-hydrogen) atoms. The molecule has 4 rings (SSSR count). The molecule has 2 aromatic heterocycles. The van der Waals surface area contributed by atoms with Crippen LogP contribution >= 0.6 is 0 Å². The molecule has 1 aromatic carbocycles. The average Bonchev–Trinajstić information content (AvgIpc) is 2.95. The molecule has 5 N–H and O–H groups in total. The molecule has 0 unspecified atom stereocenters. The first-order chi connectivity index (χ1) is 11.7. The maximum absolute atomic E-state index is 5.86. The Balaban J connectivity index is 1.42. The van der Waals surface area contributed by atoms with Crippen LogP contribution in [0, 0.1) is 0 Å². The standard InChI is InChI=1S/C16H20N8/c17-11-7-10(8-11)13-9-15(21-16(18)20-13)19-5-6-24-14-4-2-1-3-12(14)22-23-24/h1-4,9-11H,5-8,17H2,(H3,18,19,20,21). The fourth-order valence-electron chi connectivity index (χ4n) is 3.06. The maximum atomic E-state index is 5.86. The highest BCUT2D eigenvalue weighted by atomic mass is 15.4. The number of nitrogens with zero attached hydrogens (tertiary/aromatic N) is 5. The van der Waals surface area contributed by atoms with E-state index in [2.05, 4.69) is 25.6 Å². The minimum absolute atomic E-state index is 0.281. The number of anilines is 2. The summed E-state index contributed by atoms with van der Waals surface area (Å²) in [6, 6.07) is 10.1. The van der Waals surface area contributed by atoms with Crippen LogP contribution in [0.25, 0.3) is 11.0 Å². The molecular weight excluding hydrogens is 304 g/mol. The lowest BCUT2D eigenvalue weighted by atomic mass is 9.78. The monoisotopic (exact) mass is 324 g/mol. The van der Waals surface area contributed by atoms with Gasteiger partial charge in [0.05, 0.1) is 17.8 Å². The summed E-state index contributed by atoms with van der Waals surface area (Å²) in [7, 11) is 0. The van der Waals surface area contributed by atoms with E-state index < -0.39 is 0 Å². The van der Waals surface area contributed by atoms with Crippen LogP contribution < -0.4 is 16.8 Å². The quantitative estimate of drug-likeness (QED) is 0.643. The summed E-state index contributed by atoms with van der Waals surface area (Å²) in [4.78, 5) is 8.59. The van der Waals surface area contributed by atoms with Crippen molar-refractivity contribution in [3.63, 3.8) is 0 Å². The van der Waals surface area contributed by atoms with E-state index in [1.807, 2.05) is 35.0 Å². The predicted octanol–water partition coefficient (Wildman–Crippen LogP) is 1.12. The first-order valence-electron chi connectivity index (χ1n) is 8.11. The topological polar surface area (TPSA) is 121 Å². The molecule has 0 aliphatic heterocycles. The van der Waals surface area contributed by atoms with E-state index in [1.54, 1.807) is 0 Å². The first-order valence-corrected chi connectivity index (χ1v) is 8.11. The Morgan fingerprint density at radius 3 is 2.88 bits per heavy atom. The van der Waals surface area contributed by atoms with Gasteiger partial charge in [0, 0.05) is 24.6 Å². The molecule has 0 spiro atoms. The Bertz CT molecular complexity index is 852. The zero-order valence-corrected chi connectivity index (χ0v) is 13.3. The van der Waals surface area contributed by atoms with Crippen LogP contribution in [-0.2, 0) is 6.54 Å². The molecule has 0 atom stereocenters. The summed E-state index contributed by atoms with van der Waals surface area (Å²) in [6.07, 6.45) is 1.92. The van der Waals surface area contributed by atoms with E-state index in [0.717, 1.165) is 35.4 Å². The third-order valence-corrected chi connectivity index (χ3v) is 4.41. The SMILES string of the molecule is Nc1nc(NCCn2nnc3ccccc32)cc(C2CC(N)C2)n1. The predicted molar refractivity (Wildman–Crippen MR) is 92.4 cm³/mol. The van der Waals surface area contributed by atoms with Crippen LogP contribution in [-0.4, -0.2) is 37.5 Å². The fraction of sp³-hybridized carbons (Fsp3) is 0.375. The van der Waals surface area contributed by atoms with Crippen molar-refractivity contribution in [2.24, 2.45) is 5.73 Å². The molecule has 0 radical (unpaired) electrons. The minimum Gasteiger partial charge on any atom is -0.368 e. The van der Waals surface area contributed by atoms with Crippen LogP contribution in [0.4, 0.5) is 11.8 Å². The van der Waals surface area contributed by atoms with Crippen LogP contribution in [0.15, 0.2) is 30.3 Å². The molecule has 2 heterocycles. The van der Waals surface area contributed by atoms with Gasteiger partial charge in [-0.2, -0.15) is 4.98 Å². The molecular formula is C16H20N8. The number of hydrogen-bond donors (Lipinski definition) is 3. The number of fused-ring (bicyclic) bond motifs is 1. The van der Waals surface area contributed by atoms with Crippen molar-refractivity contribution in [1.29, 1.82) is 0 Å². The van der Waals surface area contributed by atoms with E-state index in [0.29, 0.717) is 25.0 Å². The summed E-state index contributed by atoms with van der Waals surface area (Å²) in [5.74, 6) is 1.43. The van der Waals surface area contributed by atoms with Gasteiger partial charge in [0.2, 0.25) is 5.95 Å². The van der Waals surface area contributed by atoms with Gasteiger partial charge in [-0.05, 0) is 25.0 Å². The molecule has 8 heteroatoms. The fourth-order valence-corrected chi connectivity index (χ4v) is 3.06. The summed E-state index contributed by atoms with van der Waals surface area (Å²) < 4.78 is 1.87. The highest BCUT2D eigenvalue weighted by Gasteiger charge is 2.29. The van der Waals surface area contributed by atoms with Crippen LogP contribution in [0.2, 0.25) is 0 Å². The second-order valence-electron chi connectivity index (χ2n) is 6.19. The van der Waals surface area contributed by atoms with E-state index in [9.17, 15) is 0 Å². The second kappa shape index (κ2) is 6.04. The number of rotatable bonds is 5. The van der Waals surface area contributed by atoms with E-state index in [-0.39, 0.29) is 6.04 Å². The normalized spacial score (nSPS) is 20.0. The smallest absolute Gasteiger partial charge is 0.222 e. The number of nitrogen functional groups attached to an aromatic ring is 1. The van der Waals surface area contributed by atoms with Gasteiger partial charge in [0.25, 0.3) is 0 Å². The molecule has 124 valence electrons. The zero-order chi connectivity index (χ0) is 16.5. The lowest BCUT2D eigenvalue weighted by molar-refractivity contribution is 0.345. The van der Waals surface area contributed by atoms with Crippen molar-refractivity contribution in [3.05, 3.63) is 36.0 Å². The summed E-state index contributed by atoms with van der Waals surface area (Å²) in [6.45, 7) is 1.36. The van der Waals surface area contributed by atoms with Crippen LogP contribution in [0.3, 0.4) is 0 Å². The van der Waals surface area contributed by atoms with Crippen molar-refractivity contribution in [1.82, 2.24) is 25.0 Å². The molecule has 1 fully saturated rings. The van der Waals surface area contributed by atoms with Crippen molar-refractivity contribution in [3.8, 4) is 0 Å². The van der Waals surface area contributed by atoms with Gasteiger partial charge in [0.15, 0.2) is 0 Å². The summed E-state index contributed by atoms with van der Waals surface area (Å²) in [5.41, 5.74) is 14.6. The van der Waals surface area contributed by atoms with Gasteiger partial charge >= 0.3 is 0 Å². The molecule has 8 nitrogen and oxygen atoms in total. The second-order valence-corrected chi connectivity index (χ2v) is 6.19. The Morgan fingerprint density at radius 1 is 1.21 bits per heavy atom. The van der Waals surface area contributed by atoms with Crippen molar-refractivity contribution < 1.29 is 0 Å². The molecule has 0 saturated heterocycles. The van der Waals surface area contributed by atoms with Crippen LogP contribution in [0.1, 0.15) is 24.5 Å². The van der Waals surface area contributed by atoms with E-state index in [1.165, 1.54) is 0 Å². The Hall–Kier alpha value is -2.74. The van der Waals surface area contributed by atoms with E-state index >= 15 is 0 Å². The molecule has 3 aromatic rings. The van der Waals surface area contributed by atoms with Gasteiger partial charge in [-0.25, -0.2) is 9.67 Å².